The lowest BCUT2D eigenvalue weighted by atomic mass is 9.94. The number of rotatable bonds is 4. The maximum Gasteiger partial charge on any atom is 0.254 e. The summed E-state index contributed by atoms with van der Waals surface area (Å²) >= 11 is 0. The second kappa shape index (κ2) is 8.42. The fourth-order valence-electron chi connectivity index (χ4n) is 4.49. The van der Waals surface area contributed by atoms with E-state index in [0.717, 1.165) is 29.4 Å². The molecule has 1 fully saturated rings. The molecule has 5 rings (SSSR count). The molecule has 1 aliphatic rings. The highest BCUT2D eigenvalue weighted by Crippen LogP contribution is 2.25. The van der Waals surface area contributed by atoms with E-state index in [4.69, 9.17) is 4.52 Å². The predicted molar refractivity (Wildman–Crippen MR) is 121 cm³/mol. The number of hydrogen-bond donors (Lipinski definition) is 1. The quantitative estimate of drug-likeness (QED) is 0.531. The largest absolute Gasteiger partial charge is 0.339 e. The average molecular weight is 428 g/mol. The number of nitrogens with one attached hydrogen (secondary N) is 1. The van der Waals surface area contributed by atoms with Crippen LogP contribution in [0.25, 0.3) is 22.3 Å². The number of aryl methyl sites for hydroxylation is 1. The Balaban J connectivity index is 1.33. The second-order valence-electron chi connectivity index (χ2n) is 8.38. The van der Waals surface area contributed by atoms with Gasteiger partial charge in [-0.15, -0.1) is 0 Å². The first-order valence-corrected chi connectivity index (χ1v) is 10.9. The normalized spacial score (nSPS) is 16.4. The minimum absolute atomic E-state index is 0.108. The first kappa shape index (κ1) is 20.2. The van der Waals surface area contributed by atoms with E-state index in [2.05, 4.69) is 15.1 Å². The molecule has 7 heteroatoms. The number of aromatic amines is 1. The van der Waals surface area contributed by atoms with Crippen LogP contribution in [0, 0.1) is 12.8 Å². The lowest BCUT2D eigenvalue weighted by molar-refractivity contribution is 0.0670. The van der Waals surface area contributed by atoms with Crippen LogP contribution in [0.4, 0.5) is 0 Å². The van der Waals surface area contributed by atoms with Crippen molar-refractivity contribution in [3.8, 4) is 11.4 Å². The zero-order valence-corrected chi connectivity index (χ0v) is 17.9. The van der Waals surface area contributed by atoms with Crippen molar-refractivity contribution in [2.45, 2.75) is 26.2 Å². The number of piperidine rings is 1. The maximum atomic E-state index is 13.3. The molecule has 1 amide bonds. The fraction of sp³-hybridized carbons (Fsp3) is 0.280. The van der Waals surface area contributed by atoms with Crippen LogP contribution >= 0.6 is 0 Å². The number of amides is 1. The van der Waals surface area contributed by atoms with Crippen molar-refractivity contribution >= 4 is 16.8 Å². The molecule has 2 aromatic carbocycles. The lowest BCUT2D eigenvalue weighted by Crippen LogP contribution is -2.41. The number of H-pyrrole nitrogens is 1. The molecule has 0 bridgehead atoms. The highest BCUT2D eigenvalue weighted by molar-refractivity contribution is 6.05. The topological polar surface area (TPSA) is 92.1 Å². The zero-order chi connectivity index (χ0) is 22.1. The molecule has 0 saturated carbocycles. The number of benzene rings is 2. The van der Waals surface area contributed by atoms with Crippen LogP contribution in [0.2, 0.25) is 0 Å². The third-order valence-electron chi connectivity index (χ3n) is 6.10. The summed E-state index contributed by atoms with van der Waals surface area (Å²) in [6, 6.07) is 16.8. The van der Waals surface area contributed by atoms with Crippen LogP contribution in [0.5, 0.6) is 0 Å². The van der Waals surface area contributed by atoms with Gasteiger partial charge in [0.1, 0.15) is 0 Å². The summed E-state index contributed by atoms with van der Waals surface area (Å²) in [6.07, 6.45) is 2.51. The van der Waals surface area contributed by atoms with Crippen molar-refractivity contribution in [1.29, 1.82) is 0 Å². The number of carbonyl (C=O) groups excluding carboxylic acids is 1. The number of carbonyl (C=O) groups is 1. The molecule has 1 atom stereocenters. The molecule has 0 unspecified atom stereocenters. The Kier molecular flexibility index (Phi) is 5.31. The van der Waals surface area contributed by atoms with Gasteiger partial charge < -0.3 is 14.4 Å². The van der Waals surface area contributed by atoms with E-state index in [9.17, 15) is 9.59 Å². The summed E-state index contributed by atoms with van der Waals surface area (Å²) < 4.78 is 5.52. The summed E-state index contributed by atoms with van der Waals surface area (Å²) in [5.74, 6) is 1.30. The van der Waals surface area contributed by atoms with Crippen molar-refractivity contribution in [3.05, 3.63) is 82.0 Å². The minimum atomic E-state index is -0.268. The van der Waals surface area contributed by atoms with Gasteiger partial charge in [-0.2, -0.15) is 4.98 Å². The Morgan fingerprint density at radius 3 is 2.88 bits per heavy atom. The molecule has 3 heterocycles. The number of likely N-dealkylation sites (tertiary alicyclic amines) is 1. The molecular formula is C25H24N4O3. The Labute approximate surface area is 185 Å². The van der Waals surface area contributed by atoms with E-state index in [1.54, 1.807) is 0 Å². The van der Waals surface area contributed by atoms with Crippen molar-refractivity contribution < 1.29 is 9.32 Å². The summed E-state index contributed by atoms with van der Waals surface area (Å²) in [4.78, 5) is 34.6. The number of aromatic nitrogens is 3. The third kappa shape index (κ3) is 3.93. The van der Waals surface area contributed by atoms with Gasteiger partial charge in [0, 0.05) is 42.0 Å². The number of pyridine rings is 1. The Morgan fingerprint density at radius 1 is 1.19 bits per heavy atom. The van der Waals surface area contributed by atoms with Crippen molar-refractivity contribution in [2.24, 2.45) is 5.92 Å². The van der Waals surface area contributed by atoms with Crippen molar-refractivity contribution in [2.75, 3.05) is 13.1 Å². The van der Waals surface area contributed by atoms with Crippen LogP contribution < -0.4 is 5.56 Å². The molecule has 162 valence electrons. The van der Waals surface area contributed by atoms with E-state index in [1.807, 2.05) is 60.4 Å². The standard InChI is InChI=1S/C25H24N4O3/c1-16-7-2-3-9-18(16)24-27-23(32-28-24)13-17-8-6-12-29(15-17)25(31)20-14-22(30)26-21-11-5-4-10-19(20)21/h2-5,7,9-11,14,17H,6,8,12-13,15H2,1H3,(H,26,30)/t17-/m1/s1. The monoisotopic (exact) mass is 428 g/mol. The highest BCUT2D eigenvalue weighted by atomic mass is 16.5. The Bertz CT molecular complexity index is 1340. The second-order valence-corrected chi connectivity index (χ2v) is 8.38. The SMILES string of the molecule is Cc1ccccc1-c1noc(C[C@H]2CCCN(C(=O)c3cc(=O)[nH]c4ccccc34)C2)n1. The van der Waals surface area contributed by atoms with Gasteiger partial charge in [-0.05, 0) is 37.3 Å². The van der Waals surface area contributed by atoms with Gasteiger partial charge in [-0.1, -0.05) is 47.6 Å². The van der Waals surface area contributed by atoms with Gasteiger partial charge in [0.15, 0.2) is 0 Å². The smallest absolute Gasteiger partial charge is 0.254 e. The summed E-state index contributed by atoms with van der Waals surface area (Å²) in [5.41, 5.74) is 2.91. The van der Waals surface area contributed by atoms with Gasteiger partial charge in [0.2, 0.25) is 17.3 Å². The molecule has 7 nitrogen and oxygen atoms in total. The molecule has 1 aliphatic heterocycles. The summed E-state index contributed by atoms with van der Waals surface area (Å²) in [5, 5.41) is 4.92. The van der Waals surface area contributed by atoms with E-state index in [0.29, 0.717) is 42.3 Å². The number of nitrogens with zero attached hydrogens (tertiary/aromatic N) is 3. The third-order valence-corrected chi connectivity index (χ3v) is 6.10. The van der Waals surface area contributed by atoms with Gasteiger partial charge in [0.25, 0.3) is 5.91 Å². The van der Waals surface area contributed by atoms with Gasteiger partial charge >= 0.3 is 0 Å². The van der Waals surface area contributed by atoms with E-state index in [1.165, 1.54) is 6.07 Å². The number of para-hydroxylation sites is 1. The van der Waals surface area contributed by atoms with E-state index < -0.39 is 0 Å². The molecule has 4 aromatic rings. The minimum Gasteiger partial charge on any atom is -0.339 e. The first-order valence-electron chi connectivity index (χ1n) is 10.9. The highest BCUT2D eigenvalue weighted by Gasteiger charge is 2.27. The van der Waals surface area contributed by atoms with Crippen LogP contribution in [0.15, 0.2) is 63.9 Å². The van der Waals surface area contributed by atoms with Crippen LogP contribution in [0.1, 0.15) is 34.7 Å². The van der Waals surface area contributed by atoms with Crippen molar-refractivity contribution in [3.63, 3.8) is 0 Å². The lowest BCUT2D eigenvalue weighted by Gasteiger charge is -2.32. The van der Waals surface area contributed by atoms with E-state index >= 15 is 0 Å². The maximum absolute atomic E-state index is 13.3. The Morgan fingerprint density at radius 2 is 2.00 bits per heavy atom. The Hall–Kier alpha value is -3.74. The molecule has 0 spiro atoms. The molecule has 1 saturated heterocycles. The zero-order valence-electron chi connectivity index (χ0n) is 17.9. The molecular weight excluding hydrogens is 404 g/mol. The van der Waals surface area contributed by atoms with Gasteiger partial charge in [-0.25, -0.2) is 0 Å². The van der Waals surface area contributed by atoms with Gasteiger partial charge in [-0.3, -0.25) is 9.59 Å². The average Bonchev–Trinajstić information content (AvgIpc) is 3.26. The van der Waals surface area contributed by atoms with Crippen molar-refractivity contribution in [1.82, 2.24) is 20.0 Å². The number of hydrogen-bond acceptors (Lipinski definition) is 5. The fourth-order valence-corrected chi connectivity index (χ4v) is 4.49. The summed E-state index contributed by atoms with van der Waals surface area (Å²) in [7, 11) is 0. The van der Waals surface area contributed by atoms with Crippen LogP contribution in [-0.4, -0.2) is 39.0 Å². The molecule has 1 N–H and O–H groups in total. The first-order chi connectivity index (χ1) is 15.6. The van der Waals surface area contributed by atoms with Gasteiger partial charge in [0.05, 0.1) is 5.56 Å². The molecule has 0 aliphatic carbocycles. The number of fused-ring (bicyclic) bond motifs is 1. The van der Waals surface area contributed by atoms with E-state index in [-0.39, 0.29) is 17.4 Å². The molecule has 32 heavy (non-hydrogen) atoms. The summed E-state index contributed by atoms with van der Waals surface area (Å²) in [6.45, 7) is 3.30. The predicted octanol–water partition coefficient (Wildman–Crippen LogP) is 3.98. The molecule has 2 aromatic heterocycles. The van der Waals surface area contributed by atoms with Crippen LogP contribution in [0.3, 0.4) is 0 Å². The molecule has 0 radical (unpaired) electrons. The van der Waals surface area contributed by atoms with Crippen LogP contribution in [-0.2, 0) is 6.42 Å².